The highest BCUT2D eigenvalue weighted by molar-refractivity contribution is 5.82. The molecule has 1 N–H and O–H groups in total. The first-order chi connectivity index (χ1) is 12.5. The molecule has 0 spiro atoms. The maximum absolute atomic E-state index is 12.9. The number of piperidine rings is 1. The largest absolute Gasteiger partial charge is 0.497 e. The second-order valence-electron chi connectivity index (χ2n) is 8.14. The average molecular weight is 360 g/mol. The van der Waals surface area contributed by atoms with Crippen LogP contribution in [-0.4, -0.2) is 56.8 Å². The maximum atomic E-state index is 12.9. The third-order valence-electron chi connectivity index (χ3n) is 5.72. The second-order valence-corrected chi connectivity index (χ2v) is 8.14. The van der Waals surface area contributed by atoms with E-state index in [1.54, 1.807) is 7.11 Å². The Balaban J connectivity index is 1.60. The van der Waals surface area contributed by atoms with E-state index in [2.05, 4.69) is 31.3 Å². The van der Waals surface area contributed by atoms with Gasteiger partial charge in [-0.25, -0.2) is 0 Å². The summed E-state index contributed by atoms with van der Waals surface area (Å²) in [7, 11) is 1.70. The molecule has 0 aromatic heterocycles. The van der Waals surface area contributed by atoms with Gasteiger partial charge in [-0.15, -0.1) is 0 Å². The molecule has 26 heavy (non-hydrogen) atoms. The van der Waals surface area contributed by atoms with E-state index in [4.69, 9.17) is 9.47 Å². The molecule has 2 unspecified atom stereocenters. The van der Waals surface area contributed by atoms with Crippen LogP contribution in [0.25, 0.3) is 0 Å². The molecule has 2 atom stereocenters. The Morgan fingerprint density at radius 3 is 2.62 bits per heavy atom. The molecule has 0 radical (unpaired) electrons. The van der Waals surface area contributed by atoms with Crippen molar-refractivity contribution in [3.8, 4) is 5.75 Å². The Morgan fingerprint density at radius 2 is 1.96 bits per heavy atom. The van der Waals surface area contributed by atoms with Crippen molar-refractivity contribution in [1.29, 1.82) is 0 Å². The number of rotatable bonds is 5. The predicted octanol–water partition coefficient (Wildman–Crippen LogP) is 2.81. The van der Waals surface area contributed by atoms with E-state index in [9.17, 15) is 4.79 Å². The summed E-state index contributed by atoms with van der Waals surface area (Å²) in [5.74, 6) is 1.70. The van der Waals surface area contributed by atoms with Crippen LogP contribution < -0.4 is 10.1 Å². The van der Waals surface area contributed by atoms with Gasteiger partial charge >= 0.3 is 0 Å². The number of nitrogens with one attached hydrogen (secondary N) is 1. The van der Waals surface area contributed by atoms with Gasteiger partial charge in [0.15, 0.2) is 0 Å². The monoisotopic (exact) mass is 360 g/mol. The number of hydrogen-bond donors (Lipinski definition) is 1. The Hall–Kier alpha value is -1.59. The molecule has 5 nitrogen and oxygen atoms in total. The van der Waals surface area contributed by atoms with Crippen LogP contribution in [0.1, 0.15) is 44.6 Å². The van der Waals surface area contributed by atoms with E-state index in [1.807, 2.05) is 17.0 Å². The van der Waals surface area contributed by atoms with E-state index < -0.39 is 0 Å². The van der Waals surface area contributed by atoms with Crippen molar-refractivity contribution in [2.24, 2.45) is 5.41 Å². The van der Waals surface area contributed by atoms with Crippen LogP contribution in [0.5, 0.6) is 5.75 Å². The van der Waals surface area contributed by atoms with E-state index in [0.717, 1.165) is 44.6 Å². The van der Waals surface area contributed by atoms with Crippen molar-refractivity contribution in [1.82, 2.24) is 10.2 Å². The van der Waals surface area contributed by atoms with E-state index in [1.165, 1.54) is 5.56 Å². The maximum Gasteiger partial charge on any atom is 0.228 e. The van der Waals surface area contributed by atoms with Crippen LogP contribution in [0.4, 0.5) is 0 Å². The van der Waals surface area contributed by atoms with E-state index in [-0.39, 0.29) is 11.3 Å². The third-order valence-corrected chi connectivity index (χ3v) is 5.72. The molecular formula is C21H32N2O3. The zero-order chi connectivity index (χ0) is 18.6. The average Bonchev–Trinajstić information content (AvgIpc) is 2.68. The van der Waals surface area contributed by atoms with Gasteiger partial charge in [-0.05, 0) is 49.4 Å². The molecule has 1 aromatic carbocycles. The van der Waals surface area contributed by atoms with Crippen molar-refractivity contribution in [2.75, 3.05) is 40.0 Å². The molecule has 144 valence electrons. The predicted molar refractivity (Wildman–Crippen MR) is 103 cm³/mol. The Labute approximate surface area is 157 Å². The molecule has 1 amide bonds. The molecule has 0 aliphatic carbocycles. The zero-order valence-corrected chi connectivity index (χ0v) is 16.3. The Kier molecular flexibility index (Phi) is 6.20. The highest BCUT2D eigenvalue weighted by Gasteiger charge is 2.36. The van der Waals surface area contributed by atoms with Gasteiger partial charge in [-0.3, -0.25) is 4.79 Å². The number of methoxy groups -OCH3 is 1. The molecule has 2 saturated heterocycles. The van der Waals surface area contributed by atoms with Gasteiger partial charge in [0.05, 0.1) is 20.3 Å². The first-order valence-corrected chi connectivity index (χ1v) is 9.74. The first-order valence-electron chi connectivity index (χ1n) is 9.74. The fraction of sp³-hybridized carbons (Fsp3) is 0.667. The minimum atomic E-state index is -0.350. The quantitative estimate of drug-likeness (QED) is 0.877. The Bertz CT molecular complexity index is 594. The summed E-state index contributed by atoms with van der Waals surface area (Å²) in [6.07, 6.45) is 3.09. The van der Waals surface area contributed by atoms with Crippen molar-refractivity contribution in [2.45, 2.75) is 45.1 Å². The molecule has 3 rings (SSSR count). The summed E-state index contributed by atoms with van der Waals surface area (Å²) >= 11 is 0. The van der Waals surface area contributed by atoms with E-state index >= 15 is 0 Å². The van der Waals surface area contributed by atoms with Gasteiger partial charge < -0.3 is 19.7 Å². The van der Waals surface area contributed by atoms with E-state index in [0.29, 0.717) is 25.2 Å². The van der Waals surface area contributed by atoms with Crippen LogP contribution in [0.15, 0.2) is 24.3 Å². The van der Waals surface area contributed by atoms with Gasteiger partial charge in [-0.2, -0.15) is 0 Å². The molecule has 2 fully saturated rings. The van der Waals surface area contributed by atoms with Crippen molar-refractivity contribution in [3.63, 3.8) is 0 Å². The molecule has 2 heterocycles. The highest BCUT2D eigenvalue weighted by atomic mass is 16.5. The third kappa shape index (κ3) is 4.57. The van der Waals surface area contributed by atoms with Gasteiger partial charge in [0, 0.05) is 24.5 Å². The zero-order valence-electron chi connectivity index (χ0n) is 16.3. The molecule has 5 heteroatoms. The van der Waals surface area contributed by atoms with Crippen LogP contribution in [0.2, 0.25) is 0 Å². The topological polar surface area (TPSA) is 50.8 Å². The lowest BCUT2D eigenvalue weighted by Gasteiger charge is -2.38. The molecule has 1 aromatic rings. The molecular weight excluding hydrogens is 328 g/mol. The number of carbonyl (C=O) groups is 1. The molecule has 2 aliphatic heterocycles. The van der Waals surface area contributed by atoms with Crippen molar-refractivity contribution < 1.29 is 14.3 Å². The van der Waals surface area contributed by atoms with Crippen LogP contribution >= 0.6 is 0 Å². The molecule has 2 aliphatic rings. The molecule has 0 saturated carbocycles. The number of morpholine rings is 1. The summed E-state index contributed by atoms with van der Waals surface area (Å²) in [5, 5.41) is 3.64. The highest BCUT2D eigenvalue weighted by Crippen LogP contribution is 2.34. The lowest BCUT2D eigenvalue weighted by molar-refractivity contribution is -0.145. The lowest BCUT2D eigenvalue weighted by atomic mass is 9.78. The van der Waals surface area contributed by atoms with Gasteiger partial charge in [-0.1, -0.05) is 26.0 Å². The minimum absolute atomic E-state index is 0.258. The number of amides is 1. The van der Waals surface area contributed by atoms with Crippen LogP contribution in [0.3, 0.4) is 0 Å². The van der Waals surface area contributed by atoms with Crippen molar-refractivity contribution in [3.05, 3.63) is 29.8 Å². The summed E-state index contributed by atoms with van der Waals surface area (Å²) in [4.78, 5) is 14.9. The minimum Gasteiger partial charge on any atom is -0.497 e. The van der Waals surface area contributed by atoms with Crippen LogP contribution in [0, 0.1) is 5.41 Å². The molecule has 0 bridgehead atoms. The number of ether oxygens (including phenoxy) is 2. The second kappa shape index (κ2) is 8.40. The Morgan fingerprint density at radius 1 is 1.27 bits per heavy atom. The fourth-order valence-electron chi connectivity index (χ4n) is 4.24. The number of benzene rings is 1. The first kappa shape index (κ1) is 19.2. The smallest absolute Gasteiger partial charge is 0.228 e. The van der Waals surface area contributed by atoms with Gasteiger partial charge in [0.2, 0.25) is 5.91 Å². The van der Waals surface area contributed by atoms with Gasteiger partial charge in [0.25, 0.3) is 0 Å². The standard InChI is InChI=1S/C21H32N2O3/c1-21(2,20(24)23-10-12-26-13-11-23)15-18-14-17(8-9-22-18)16-4-6-19(25-3)7-5-16/h4-7,17-18,22H,8-15H2,1-3H3. The normalized spacial score (nSPS) is 24.3. The summed E-state index contributed by atoms with van der Waals surface area (Å²) in [5.41, 5.74) is 1.02. The number of nitrogens with zero attached hydrogens (tertiary/aromatic N) is 1. The summed E-state index contributed by atoms with van der Waals surface area (Å²) in [6, 6.07) is 8.80. The lowest BCUT2D eigenvalue weighted by Crippen LogP contribution is -2.49. The van der Waals surface area contributed by atoms with Gasteiger partial charge in [0.1, 0.15) is 5.75 Å². The van der Waals surface area contributed by atoms with Crippen LogP contribution in [-0.2, 0) is 9.53 Å². The number of hydrogen-bond acceptors (Lipinski definition) is 4. The SMILES string of the molecule is COc1ccc(C2CCNC(CC(C)(C)C(=O)N3CCOCC3)C2)cc1. The fourth-order valence-corrected chi connectivity index (χ4v) is 4.24. The van der Waals surface area contributed by atoms with Crippen molar-refractivity contribution >= 4 is 5.91 Å². The summed E-state index contributed by atoms with van der Waals surface area (Å²) in [6.45, 7) is 7.92. The number of carbonyl (C=O) groups excluding carboxylic acids is 1. The summed E-state index contributed by atoms with van der Waals surface area (Å²) < 4.78 is 10.6.